The average molecular weight is 449 g/mol. The van der Waals surface area contributed by atoms with Gasteiger partial charge in [-0.3, -0.25) is 9.36 Å². The summed E-state index contributed by atoms with van der Waals surface area (Å²) >= 11 is 0. The smallest absolute Gasteiger partial charge is 0.320 e. The molecule has 2 N–H and O–H groups in total. The highest BCUT2D eigenvalue weighted by atomic mass is 16.5. The van der Waals surface area contributed by atoms with Gasteiger partial charge in [-0.05, 0) is 57.7 Å². The fourth-order valence-electron chi connectivity index (χ4n) is 4.05. The van der Waals surface area contributed by atoms with E-state index in [0.717, 1.165) is 64.7 Å². The third-order valence-corrected chi connectivity index (χ3v) is 5.97. The first kappa shape index (κ1) is 24.0. The van der Waals surface area contributed by atoms with Gasteiger partial charge < -0.3 is 24.8 Å². The topological polar surface area (TPSA) is 118 Å². The number of aryl methyl sites for hydroxylation is 1. The number of carbonyl (C=O) groups excluding carboxylic acids is 1. The number of methoxy groups -OCH3 is 2. The first-order chi connectivity index (χ1) is 15.5. The van der Waals surface area contributed by atoms with E-state index in [4.69, 9.17) is 19.9 Å². The van der Waals surface area contributed by atoms with E-state index in [1.54, 1.807) is 7.11 Å². The molecule has 1 aliphatic heterocycles. The molecule has 178 valence electrons. The van der Waals surface area contributed by atoms with E-state index < -0.39 is 0 Å². The molecule has 1 saturated heterocycles. The van der Waals surface area contributed by atoms with Gasteiger partial charge in [-0.1, -0.05) is 13.3 Å². The summed E-state index contributed by atoms with van der Waals surface area (Å²) in [7, 11) is 3.05. The van der Waals surface area contributed by atoms with Crippen molar-refractivity contribution in [3.63, 3.8) is 0 Å². The molecule has 1 aliphatic rings. The van der Waals surface area contributed by atoms with Crippen LogP contribution in [-0.2, 0) is 16.1 Å². The number of likely N-dealkylation sites (tertiary alicyclic amines) is 1. The minimum Gasteiger partial charge on any atom is -0.469 e. The molecule has 0 bridgehead atoms. The van der Waals surface area contributed by atoms with Crippen LogP contribution in [0.25, 0.3) is 11.2 Å². The van der Waals surface area contributed by atoms with Crippen molar-refractivity contribution in [2.24, 2.45) is 5.92 Å². The van der Waals surface area contributed by atoms with Gasteiger partial charge >= 0.3 is 12.0 Å². The summed E-state index contributed by atoms with van der Waals surface area (Å²) < 4.78 is 17.9. The van der Waals surface area contributed by atoms with Crippen LogP contribution in [0.15, 0.2) is 0 Å². The molecule has 0 spiro atoms. The third kappa shape index (κ3) is 6.21. The summed E-state index contributed by atoms with van der Waals surface area (Å²) in [6.07, 6.45) is 6.60. The van der Waals surface area contributed by atoms with E-state index >= 15 is 0 Å². The van der Waals surface area contributed by atoms with Crippen LogP contribution in [0.5, 0.6) is 12.0 Å². The Morgan fingerprint density at radius 1 is 1.09 bits per heavy atom. The first-order valence-electron chi connectivity index (χ1n) is 11.5. The number of nitrogens with zero attached hydrogens (tertiary/aromatic N) is 5. The minimum absolute atomic E-state index is 0.103. The van der Waals surface area contributed by atoms with Crippen molar-refractivity contribution in [2.45, 2.75) is 58.4 Å². The highest BCUT2D eigenvalue weighted by Crippen LogP contribution is 2.26. The van der Waals surface area contributed by atoms with Crippen molar-refractivity contribution in [1.82, 2.24) is 24.4 Å². The molecule has 0 saturated carbocycles. The van der Waals surface area contributed by atoms with E-state index in [1.807, 2.05) is 4.57 Å². The Balaban J connectivity index is 1.53. The summed E-state index contributed by atoms with van der Waals surface area (Å²) in [4.78, 5) is 27.2. The lowest BCUT2D eigenvalue weighted by Gasteiger charge is -2.31. The number of nitrogens with two attached hydrogens (primary N) is 1. The fourth-order valence-corrected chi connectivity index (χ4v) is 4.05. The number of unbranched alkanes of at least 4 members (excludes halogenated alkanes) is 2. The first-order valence-corrected chi connectivity index (χ1v) is 11.5. The number of aromatic nitrogens is 4. The molecule has 3 heterocycles. The van der Waals surface area contributed by atoms with Gasteiger partial charge in [0.15, 0.2) is 17.0 Å². The molecule has 10 nitrogen and oxygen atoms in total. The van der Waals surface area contributed by atoms with Crippen molar-refractivity contribution >= 4 is 23.0 Å². The van der Waals surface area contributed by atoms with Crippen molar-refractivity contribution in [3.8, 4) is 12.0 Å². The van der Waals surface area contributed by atoms with E-state index in [-0.39, 0.29) is 12.0 Å². The zero-order valence-electron chi connectivity index (χ0n) is 19.5. The summed E-state index contributed by atoms with van der Waals surface area (Å²) in [6, 6.07) is 0.761. The van der Waals surface area contributed by atoms with Crippen LogP contribution in [0.2, 0.25) is 0 Å². The molecule has 3 rings (SSSR count). The zero-order valence-corrected chi connectivity index (χ0v) is 19.5. The maximum atomic E-state index is 11.5. The number of piperidine rings is 1. The Hall–Kier alpha value is -2.62. The predicted molar refractivity (Wildman–Crippen MR) is 122 cm³/mol. The molecule has 0 amide bonds. The molecule has 0 aliphatic carbocycles. The summed E-state index contributed by atoms with van der Waals surface area (Å²) in [5.74, 6) is 0.640. The van der Waals surface area contributed by atoms with Crippen LogP contribution in [-0.4, -0.2) is 70.8 Å². The second kappa shape index (κ2) is 11.8. The van der Waals surface area contributed by atoms with Gasteiger partial charge in [0.05, 0.1) is 20.8 Å². The maximum Gasteiger partial charge on any atom is 0.320 e. The zero-order chi connectivity index (χ0) is 22.9. The number of rotatable bonds is 12. The number of carbonyl (C=O) groups is 1. The Morgan fingerprint density at radius 3 is 2.53 bits per heavy atom. The Labute approximate surface area is 189 Å². The van der Waals surface area contributed by atoms with E-state index in [2.05, 4.69) is 26.8 Å². The molecular weight excluding hydrogens is 412 g/mol. The maximum absolute atomic E-state index is 11.5. The van der Waals surface area contributed by atoms with Crippen LogP contribution in [0.3, 0.4) is 0 Å². The number of fused-ring (bicyclic) bond motifs is 1. The number of hydrogen-bond acceptors (Lipinski definition) is 9. The van der Waals surface area contributed by atoms with Crippen molar-refractivity contribution in [3.05, 3.63) is 0 Å². The van der Waals surface area contributed by atoms with Gasteiger partial charge in [-0.15, -0.1) is 0 Å². The number of hydrogen-bond donors (Lipinski definition) is 1. The number of ether oxygens (including phenoxy) is 3. The molecular formula is C22H36N6O4. The SMILES string of the molecule is CCCCOc1nc(N)c2nc(OC)n(CCCCN3CCC(CC(=O)OC)CC3)c2n1. The van der Waals surface area contributed by atoms with Crippen molar-refractivity contribution in [1.29, 1.82) is 0 Å². The highest BCUT2D eigenvalue weighted by molar-refractivity contribution is 5.83. The third-order valence-electron chi connectivity index (χ3n) is 5.97. The van der Waals surface area contributed by atoms with Gasteiger partial charge in [-0.25, -0.2) is 0 Å². The lowest BCUT2D eigenvalue weighted by molar-refractivity contribution is -0.142. The van der Waals surface area contributed by atoms with Crippen molar-refractivity contribution < 1.29 is 19.0 Å². The second-order valence-corrected chi connectivity index (χ2v) is 8.29. The van der Waals surface area contributed by atoms with Gasteiger partial charge in [0.2, 0.25) is 0 Å². The number of nitrogen functional groups attached to an aromatic ring is 1. The molecule has 0 unspecified atom stereocenters. The normalized spacial score (nSPS) is 15.2. The predicted octanol–water partition coefficient (Wildman–Crippen LogP) is 2.65. The molecule has 1 fully saturated rings. The molecule has 2 aromatic heterocycles. The second-order valence-electron chi connectivity index (χ2n) is 8.29. The molecule has 32 heavy (non-hydrogen) atoms. The van der Waals surface area contributed by atoms with E-state index in [1.165, 1.54) is 7.11 Å². The quantitative estimate of drug-likeness (QED) is 0.386. The lowest BCUT2D eigenvalue weighted by Crippen LogP contribution is -2.35. The van der Waals surface area contributed by atoms with Crippen LogP contribution in [0, 0.1) is 5.92 Å². The fraction of sp³-hybridized carbons (Fsp3) is 0.727. The van der Waals surface area contributed by atoms with Crippen LogP contribution >= 0.6 is 0 Å². The summed E-state index contributed by atoms with van der Waals surface area (Å²) in [6.45, 7) is 6.48. The van der Waals surface area contributed by atoms with Gasteiger partial charge in [0.1, 0.15) is 0 Å². The average Bonchev–Trinajstić information content (AvgIpc) is 3.16. The molecule has 0 radical (unpaired) electrons. The summed E-state index contributed by atoms with van der Waals surface area (Å²) in [5.41, 5.74) is 7.28. The Kier molecular flexibility index (Phi) is 8.90. The van der Waals surface area contributed by atoms with E-state index in [9.17, 15) is 4.79 Å². The minimum atomic E-state index is -0.103. The molecule has 0 atom stereocenters. The molecule has 10 heteroatoms. The molecule has 0 aromatic carbocycles. The highest BCUT2D eigenvalue weighted by Gasteiger charge is 2.22. The van der Waals surface area contributed by atoms with Crippen LogP contribution in [0.4, 0.5) is 5.82 Å². The number of imidazole rings is 1. The Morgan fingerprint density at radius 2 is 1.84 bits per heavy atom. The van der Waals surface area contributed by atoms with Crippen LogP contribution < -0.4 is 15.2 Å². The van der Waals surface area contributed by atoms with Gasteiger partial charge in [0.25, 0.3) is 6.01 Å². The monoisotopic (exact) mass is 448 g/mol. The number of esters is 1. The lowest BCUT2D eigenvalue weighted by atomic mass is 9.93. The van der Waals surface area contributed by atoms with Crippen LogP contribution in [0.1, 0.15) is 51.9 Å². The van der Waals surface area contributed by atoms with Gasteiger partial charge in [0, 0.05) is 13.0 Å². The molecule has 2 aromatic rings. The van der Waals surface area contributed by atoms with E-state index in [0.29, 0.717) is 41.9 Å². The summed E-state index contributed by atoms with van der Waals surface area (Å²) in [5, 5.41) is 0. The standard InChI is InChI=1S/C22H36N6O4/c1-4-5-14-32-21-25-19(23)18-20(26-21)28(22(24-18)31-3)11-7-6-10-27-12-8-16(9-13-27)15-17(29)30-2/h16H,4-15H2,1-3H3,(H2,23,25,26). The number of anilines is 1. The largest absolute Gasteiger partial charge is 0.469 e. The van der Waals surface area contributed by atoms with Gasteiger partial charge in [-0.2, -0.15) is 15.0 Å². The van der Waals surface area contributed by atoms with Crippen molar-refractivity contribution in [2.75, 3.05) is 46.2 Å². The Bertz CT molecular complexity index is 879.